The summed E-state index contributed by atoms with van der Waals surface area (Å²) in [5, 5.41) is -0.591. The molecule has 16 heavy (non-hydrogen) atoms. The Kier molecular flexibility index (Phi) is 3.99. The molecule has 0 aliphatic carbocycles. The van der Waals surface area contributed by atoms with Crippen molar-refractivity contribution in [1.82, 2.24) is 9.29 Å². The largest absolute Gasteiger partial charge is 0.264 e. The van der Waals surface area contributed by atoms with E-state index in [1.165, 1.54) is 12.3 Å². The first-order chi connectivity index (χ1) is 7.54. The van der Waals surface area contributed by atoms with Crippen molar-refractivity contribution in [3.05, 3.63) is 24.1 Å². The van der Waals surface area contributed by atoms with Crippen LogP contribution < -0.4 is 0 Å². The Labute approximate surface area is 94.2 Å². The average Bonchev–Trinajstić information content (AvgIpc) is 2.26. The van der Waals surface area contributed by atoms with Gasteiger partial charge >= 0.3 is 0 Å². The third kappa shape index (κ3) is 2.38. The van der Waals surface area contributed by atoms with Crippen LogP contribution in [-0.2, 0) is 10.0 Å². The lowest BCUT2D eigenvalue weighted by Gasteiger charge is -2.17. The van der Waals surface area contributed by atoms with Crippen molar-refractivity contribution in [3.63, 3.8) is 0 Å². The number of hydrogen-bond acceptors (Lipinski definition) is 3. The van der Waals surface area contributed by atoms with E-state index in [0.717, 1.165) is 10.4 Å². The van der Waals surface area contributed by atoms with Crippen LogP contribution >= 0.6 is 0 Å². The van der Waals surface area contributed by atoms with Crippen LogP contribution in [0.2, 0.25) is 0 Å². The third-order valence-corrected chi connectivity index (χ3v) is 3.79. The molecule has 1 aromatic heterocycles. The molecule has 0 atom stereocenters. The fourth-order valence-electron chi connectivity index (χ4n) is 1.15. The van der Waals surface area contributed by atoms with Gasteiger partial charge in [0.1, 0.15) is 0 Å². The molecule has 0 saturated heterocycles. The molecule has 0 aromatic carbocycles. The maximum atomic E-state index is 13.3. The van der Waals surface area contributed by atoms with Crippen LogP contribution in [0.5, 0.6) is 0 Å². The van der Waals surface area contributed by atoms with Gasteiger partial charge in [0.2, 0.25) is 5.03 Å². The monoisotopic (exact) mass is 242 g/mol. The second kappa shape index (κ2) is 5.05. The number of aromatic nitrogens is 1. The summed E-state index contributed by atoms with van der Waals surface area (Å²) >= 11 is 0. The van der Waals surface area contributed by atoms with Crippen molar-refractivity contribution in [1.29, 1.82) is 0 Å². The fourth-order valence-corrected chi connectivity index (χ4v) is 2.49. The highest BCUT2D eigenvalue weighted by atomic mass is 32.2. The summed E-state index contributed by atoms with van der Waals surface area (Å²) in [7, 11) is -3.94. The molecule has 0 aliphatic heterocycles. The molecular formula is C10H11FN2O2S. The van der Waals surface area contributed by atoms with Crippen molar-refractivity contribution in [2.45, 2.75) is 11.9 Å². The van der Waals surface area contributed by atoms with Crippen LogP contribution in [0.15, 0.2) is 23.4 Å². The molecular weight excluding hydrogens is 231 g/mol. The van der Waals surface area contributed by atoms with E-state index in [-0.39, 0.29) is 13.1 Å². The smallest absolute Gasteiger partial charge is 0.241 e. The lowest BCUT2D eigenvalue weighted by molar-refractivity contribution is 0.452. The summed E-state index contributed by atoms with van der Waals surface area (Å²) in [6.45, 7) is 1.69. The van der Waals surface area contributed by atoms with Gasteiger partial charge < -0.3 is 0 Å². The SMILES string of the molecule is C#CCN(CC)S(=O)(=O)c1ncccc1F. The summed E-state index contributed by atoms with van der Waals surface area (Å²) in [5.74, 6) is 1.33. The van der Waals surface area contributed by atoms with Crippen molar-refractivity contribution in [3.8, 4) is 12.3 Å². The summed E-state index contributed by atoms with van der Waals surface area (Å²) in [5.41, 5.74) is 0. The normalized spacial score (nSPS) is 11.4. The van der Waals surface area contributed by atoms with E-state index in [1.807, 2.05) is 0 Å². The van der Waals surface area contributed by atoms with Gasteiger partial charge in [-0.2, -0.15) is 4.31 Å². The summed E-state index contributed by atoms with van der Waals surface area (Å²) in [6, 6.07) is 2.37. The van der Waals surface area contributed by atoms with Crippen LogP contribution in [0.1, 0.15) is 6.92 Å². The number of nitrogens with zero attached hydrogens (tertiary/aromatic N) is 2. The molecule has 0 unspecified atom stereocenters. The molecule has 1 aromatic rings. The van der Waals surface area contributed by atoms with Gasteiger partial charge in [-0.3, -0.25) is 0 Å². The van der Waals surface area contributed by atoms with E-state index in [0.29, 0.717) is 0 Å². The number of rotatable bonds is 4. The van der Waals surface area contributed by atoms with Crippen LogP contribution in [0.4, 0.5) is 4.39 Å². The molecule has 0 aliphatic rings. The molecule has 1 rings (SSSR count). The predicted octanol–water partition coefficient (Wildman–Crippen LogP) is 0.865. The Morgan fingerprint density at radius 3 is 2.81 bits per heavy atom. The minimum Gasteiger partial charge on any atom is -0.241 e. The Balaban J connectivity index is 3.22. The fraction of sp³-hybridized carbons (Fsp3) is 0.300. The van der Waals surface area contributed by atoms with Gasteiger partial charge in [-0.1, -0.05) is 12.8 Å². The molecule has 0 saturated carbocycles. The topological polar surface area (TPSA) is 50.3 Å². The summed E-state index contributed by atoms with van der Waals surface area (Å²) in [4.78, 5) is 3.53. The van der Waals surface area contributed by atoms with Crippen LogP contribution in [0.3, 0.4) is 0 Å². The molecule has 0 radical (unpaired) electrons. The van der Waals surface area contributed by atoms with Crippen molar-refractivity contribution in [2.75, 3.05) is 13.1 Å². The van der Waals surface area contributed by atoms with Crippen molar-refractivity contribution in [2.24, 2.45) is 0 Å². The van der Waals surface area contributed by atoms with E-state index < -0.39 is 20.9 Å². The molecule has 86 valence electrons. The molecule has 4 nitrogen and oxygen atoms in total. The maximum Gasteiger partial charge on any atom is 0.264 e. The van der Waals surface area contributed by atoms with Gasteiger partial charge in [0.05, 0.1) is 6.54 Å². The second-order valence-electron chi connectivity index (χ2n) is 2.93. The van der Waals surface area contributed by atoms with Crippen LogP contribution in [0, 0.1) is 18.2 Å². The predicted molar refractivity (Wildman–Crippen MR) is 57.5 cm³/mol. The van der Waals surface area contributed by atoms with Gasteiger partial charge in [-0.05, 0) is 12.1 Å². The molecule has 0 bridgehead atoms. The first kappa shape index (κ1) is 12.6. The first-order valence-electron chi connectivity index (χ1n) is 4.58. The minimum absolute atomic E-state index is 0.102. The summed E-state index contributed by atoms with van der Waals surface area (Å²) < 4.78 is 38.1. The van der Waals surface area contributed by atoms with E-state index in [4.69, 9.17) is 6.42 Å². The minimum atomic E-state index is -3.94. The third-order valence-electron chi connectivity index (χ3n) is 1.93. The number of pyridine rings is 1. The van der Waals surface area contributed by atoms with E-state index in [9.17, 15) is 12.8 Å². The van der Waals surface area contributed by atoms with Crippen molar-refractivity contribution < 1.29 is 12.8 Å². The number of hydrogen-bond donors (Lipinski definition) is 0. The van der Waals surface area contributed by atoms with Gasteiger partial charge in [-0.15, -0.1) is 6.42 Å². The highest BCUT2D eigenvalue weighted by Gasteiger charge is 2.26. The second-order valence-corrected chi connectivity index (χ2v) is 4.78. The number of sulfonamides is 1. The van der Waals surface area contributed by atoms with Gasteiger partial charge in [-0.25, -0.2) is 17.8 Å². The first-order valence-corrected chi connectivity index (χ1v) is 6.02. The molecule has 0 spiro atoms. The quantitative estimate of drug-likeness (QED) is 0.736. The molecule has 0 amide bonds. The highest BCUT2D eigenvalue weighted by molar-refractivity contribution is 7.89. The lowest BCUT2D eigenvalue weighted by atomic mass is 10.5. The van der Waals surface area contributed by atoms with Crippen LogP contribution in [0.25, 0.3) is 0 Å². The molecule has 6 heteroatoms. The zero-order valence-electron chi connectivity index (χ0n) is 8.72. The zero-order valence-corrected chi connectivity index (χ0v) is 9.54. The van der Waals surface area contributed by atoms with Gasteiger partial charge in [0.15, 0.2) is 5.82 Å². The Morgan fingerprint density at radius 2 is 2.31 bits per heavy atom. The van der Waals surface area contributed by atoms with E-state index in [1.54, 1.807) is 6.92 Å². The Morgan fingerprint density at radius 1 is 1.62 bits per heavy atom. The zero-order chi connectivity index (χ0) is 12.2. The molecule has 0 fully saturated rings. The number of halogens is 1. The standard InChI is InChI=1S/C10H11FN2O2S/c1-3-8-13(4-2)16(14,15)10-9(11)6-5-7-12-10/h1,5-7H,4,8H2,2H3. The van der Waals surface area contributed by atoms with Crippen molar-refractivity contribution >= 4 is 10.0 Å². The van der Waals surface area contributed by atoms with Gasteiger partial charge in [0, 0.05) is 12.7 Å². The maximum absolute atomic E-state index is 13.3. The summed E-state index contributed by atoms with van der Waals surface area (Å²) in [6.07, 6.45) is 6.27. The lowest BCUT2D eigenvalue weighted by Crippen LogP contribution is -2.32. The van der Waals surface area contributed by atoms with Crippen LogP contribution in [-0.4, -0.2) is 30.8 Å². The molecule has 0 N–H and O–H groups in total. The highest BCUT2D eigenvalue weighted by Crippen LogP contribution is 2.15. The average molecular weight is 242 g/mol. The number of terminal acetylenes is 1. The van der Waals surface area contributed by atoms with Gasteiger partial charge in [0.25, 0.3) is 10.0 Å². The Bertz CT molecular complexity index is 508. The Hall–Kier alpha value is -1.45. The van der Waals surface area contributed by atoms with E-state index >= 15 is 0 Å². The molecule has 1 heterocycles. The van der Waals surface area contributed by atoms with E-state index in [2.05, 4.69) is 10.9 Å².